The number of carbonyl (C=O) groups is 2. The Bertz CT molecular complexity index is 543. The van der Waals surface area contributed by atoms with Gasteiger partial charge in [0.05, 0.1) is 17.8 Å². The van der Waals surface area contributed by atoms with Gasteiger partial charge in [-0.25, -0.2) is 9.78 Å². The van der Waals surface area contributed by atoms with Gasteiger partial charge in [-0.15, -0.1) is 5.06 Å². The highest BCUT2D eigenvalue weighted by Crippen LogP contribution is 2.22. The maximum absolute atomic E-state index is 12.3. The molecule has 0 aromatic carbocycles. The van der Waals surface area contributed by atoms with Crippen LogP contribution in [0.4, 0.5) is 24.7 Å². The minimum Gasteiger partial charge on any atom is -0.397 e. The second kappa shape index (κ2) is 5.56. The summed E-state index contributed by atoms with van der Waals surface area (Å²) >= 11 is 0. The summed E-state index contributed by atoms with van der Waals surface area (Å²) in [6.45, 7) is 0.571. The van der Waals surface area contributed by atoms with Gasteiger partial charge in [-0.1, -0.05) is 0 Å². The molecule has 1 aliphatic rings. The SMILES string of the molecule is Nc1ccc(N(OC(=O)C(F)(F)F)C(=O)C2CNC2)nc1. The summed E-state index contributed by atoms with van der Waals surface area (Å²) in [4.78, 5) is 30.8. The fraction of sp³-hybridized carbons (Fsp3) is 0.364. The van der Waals surface area contributed by atoms with E-state index in [0.717, 1.165) is 6.20 Å². The maximum Gasteiger partial charge on any atom is 0.493 e. The molecule has 0 aliphatic carbocycles. The van der Waals surface area contributed by atoms with Crippen LogP contribution >= 0.6 is 0 Å². The van der Waals surface area contributed by atoms with Gasteiger partial charge in [-0.05, 0) is 12.1 Å². The van der Waals surface area contributed by atoms with Crippen molar-refractivity contribution in [3.8, 4) is 0 Å². The minimum atomic E-state index is -5.22. The minimum absolute atomic E-state index is 0.249. The van der Waals surface area contributed by atoms with Crippen molar-refractivity contribution < 1.29 is 27.6 Å². The van der Waals surface area contributed by atoms with Crippen molar-refractivity contribution in [2.24, 2.45) is 5.92 Å². The molecular formula is C11H11F3N4O3. The van der Waals surface area contributed by atoms with E-state index < -0.39 is 24.0 Å². The highest BCUT2D eigenvalue weighted by Gasteiger charge is 2.45. The van der Waals surface area contributed by atoms with E-state index in [9.17, 15) is 22.8 Å². The van der Waals surface area contributed by atoms with Gasteiger partial charge in [-0.2, -0.15) is 13.2 Å². The number of alkyl halides is 3. The molecule has 0 spiro atoms. The van der Waals surface area contributed by atoms with Gasteiger partial charge in [0.2, 0.25) is 0 Å². The molecule has 1 aromatic rings. The Morgan fingerprint density at radius 1 is 1.38 bits per heavy atom. The molecular weight excluding hydrogens is 293 g/mol. The second-order valence-electron chi connectivity index (χ2n) is 4.31. The van der Waals surface area contributed by atoms with Gasteiger partial charge in [0.1, 0.15) is 0 Å². The van der Waals surface area contributed by atoms with Crippen molar-refractivity contribution in [1.82, 2.24) is 10.3 Å². The van der Waals surface area contributed by atoms with Gasteiger partial charge in [0, 0.05) is 13.1 Å². The zero-order chi connectivity index (χ0) is 15.6. The van der Waals surface area contributed by atoms with Crippen molar-refractivity contribution in [2.45, 2.75) is 6.18 Å². The van der Waals surface area contributed by atoms with Crippen LogP contribution in [-0.4, -0.2) is 36.1 Å². The maximum atomic E-state index is 12.3. The molecule has 7 nitrogen and oxygen atoms in total. The topological polar surface area (TPSA) is 97.5 Å². The Balaban J connectivity index is 2.23. The number of aromatic nitrogens is 1. The van der Waals surface area contributed by atoms with Gasteiger partial charge in [-0.3, -0.25) is 4.79 Å². The van der Waals surface area contributed by atoms with E-state index in [2.05, 4.69) is 15.1 Å². The van der Waals surface area contributed by atoms with E-state index in [-0.39, 0.29) is 29.7 Å². The largest absolute Gasteiger partial charge is 0.493 e. The number of anilines is 2. The molecule has 0 saturated carbocycles. The molecule has 1 saturated heterocycles. The molecule has 3 N–H and O–H groups in total. The summed E-state index contributed by atoms with van der Waals surface area (Å²) in [5.74, 6) is -4.12. The lowest BCUT2D eigenvalue weighted by Gasteiger charge is -2.30. The molecule has 0 atom stereocenters. The first kappa shape index (κ1) is 15.0. The van der Waals surface area contributed by atoms with Crippen LogP contribution in [0.1, 0.15) is 0 Å². The predicted octanol–water partition coefficient (Wildman–Crippen LogP) is 0.237. The van der Waals surface area contributed by atoms with Crippen molar-refractivity contribution in [3.05, 3.63) is 18.3 Å². The Morgan fingerprint density at radius 2 is 2.05 bits per heavy atom. The lowest BCUT2D eigenvalue weighted by atomic mass is 10.0. The average molecular weight is 304 g/mol. The number of pyridine rings is 1. The zero-order valence-corrected chi connectivity index (χ0v) is 10.6. The number of carbonyl (C=O) groups excluding carboxylic acids is 2. The average Bonchev–Trinajstić information content (AvgIpc) is 2.33. The predicted molar refractivity (Wildman–Crippen MR) is 64.6 cm³/mol. The third-order valence-corrected chi connectivity index (χ3v) is 2.72. The molecule has 0 unspecified atom stereocenters. The summed E-state index contributed by atoms with van der Waals surface area (Å²) in [7, 11) is 0. The molecule has 21 heavy (non-hydrogen) atoms. The first-order valence-electron chi connectivity index (χ1n) is 5.84. The zero-order valence-electron chi connectivity index (χ0n) is 10.6. The van der Waals surface area contributed by atoms with Gasteiger partial charge in [0.15, 0.2) is 5.82 Å². The van der Waals surface area contributed by atoms with Crippen LogP contribution in [0.25, 0.3) is 0 Å². The summed E-state index contributed by atoms with van der Waals surface area (Å²) in [5.41, 5.74) is 5.66. The Morgan fingerprint density at radius 3 is 2.48 bits per heavy atom. The Hall–Kier alpha value is -2.36. The van der Waals surface area contributed by atoms with E-state index >= 15 is 0 Å². The van der Waals surface area contributed by atoms with Gasteiger partial charge in [0.25, 0.3) is 5.91 Å². The number of hydrogen-bond donors (Lipinski definition) is 2. The standard InChI is InChI=1S/C11H11F3N4O3/c12-11(13,14)10(20)21-18(9(19)6-3-16-4-6)8-2-1-7(15)5-17-8/h1-2,5-6,16H,3-4,15H2. The Labute approximate surface area is 116 Å². The van der Waals surface area contributed by atoms with Crippen LogP contribution < -0.4 is 16.1 Å². The number of hydroxylamine groups is 1. The molecule has 2 heterocycles. The number of nitrogens with one attached hydrogen (secondary N) is 1. The second-order valence-corrected chi connectivity index (χ2v) is 4.31. The van der Waals surface area contributed by atoms with Gasteiger partial charge < -0.3 is 15.9 Å². The molecule has 2 rings (SSSR count). The quantitative estimate of drug-likeness (QED) is 0.759. The molecule has 114 valence electrons. The number of nitrogen functional groups attached to an aromatic ring is 1. The number of rotatable bonds is 2. The van der Waals surface area contributed by atoms with E-state index in [1.54, 1.807) is 0 Å². The first-order chi connectivity index (χ1) is 9.79. The fourth-order valence-electron chi connectivity index (χ4n) is 1.49. The third-order valence-electron chi connectivity index (χ3n) is 2.72. The summed E-state index contributed by atoms with van der Waals surface area (Å²) in [6.07, 6.45) is -4.08. The highest BCUT2D eigenvalue weighted by molar-refractivity contribution is 5.95. The summed E-state index contributed by atoms with van der Waals surface area (Å²) < 4.78 is 36.9. The van der Waals surface area contributed by atoms with Crippen LogP contribution in [0.15, 0.2) is 18.3 Å². The summed E-state index contributed by atoms with van der Waals surface area (Å²) in [5, 5.41) is 3.04. The molecule has 1 fully saturated rings. The highest BCUT2D eigenvalue weighted by atomic mass is 19.4. The third kappa shape index (κ3) is 3.40. The van der Waals surface area contributed by atoms with Crippen LogP contribution in [0.5, 0.6) is 0 Å². The molecule has 0 bridgehead atoms. The van der Waals surface area contributed by atoms with Crippen LogP contribution in [0.2, 0.25) is 0 Å². The lowest BCUT2D eigenvalue weighted by molar-refractivity contribution is -0.202. The fourth-order valence-corrected chi connectivity index (χ4v) is 1.49. The number of amides is 1. The van der Waals surface area contributed by atoms with Crippen molar-refractivity contribution in [2.75, 3.05) is 23.9 Å². The number of nitrogens with zero attached hydrogens (tertiary/aromatic N) is 2. The summed E-state index contributed by atoms with van der Waals surface area (Å²) in [6, 6.07) is 2.51. The number of halogens is 3. The van der Waals surface area contributed by atoms with Crippen molar-refractivity contribution in [3.63, 3.8) is 0 Å². The molecule has 10 heteroatoms. The van der Waals surface area contributed by atoms with E-state index in [1.807, 2.05) is 0 Å². The van der Waals surface area contributed by atoms with E-state index in [4.69, 9.17) is 5.73 Å². The van der Waals surface area contributed by atoms with Gasteiger partial charge >= 0.3 is 12.1 Å². The molecule has 1 aromatic heterocycles. The van der Waals surface area contributed by atoms with E-state index in [1.165, 1.54) is 12.1 Å². The molecule has 1 aliphatic heterocycles. The van der Waals surface area contributed by atoms with Crippen LogP contribution in [0, 0.1) is 5.92 Å². The van der Waals surface area contributed by atoms with Crippen molar-refractivity contribution in [1.29, 1.82) is 0 Å². The molecule has 1 amide bonds. The normalized spacial score (nSPS) is 15.2. The van der Waals surface area contributed by atoms with Crippen LogP contribution in [0.3, 0.4) is 0 Å². The number of hydrogen-bond acceptors (Lipinski definition) is 6. The Kier molecular flexibility index (Phi) is 3.98. The van der Waals surface area contributed by atoms with E-state index in [0.29, 0.717) is 0 Å². The van der Waals surface area contributed by atoms with Crippen molar-refractivity contribution >= 4 is 23.4 Å². The lowest BCUT2D eigenvalue weighted by Crippen LogP contribution is -2.53. The van der Waals surface area contributed by atoms with Crippen LogP contribution in [-0.2, 0) is 14.4 Å². The smallest absolute Gasteiger partial charge is 0.397 e. The first-order valence-corrected chi connectivity index (χ1v) is 5.84. The number of nitrogens with two attached hydrogens (primary N) is 1. The molecule has 0 radical (unpaired) electrons. The monoisotopic (exact) mass is 304 g/mol.